The number of nitrogens with one attached hydrogen (secondary N) is 1. The Morgan fingerprint density at radius 3 is 3.12 bits per heavy atom. The molecule has 0 fully saturated rings. The first kappa shape index (κ1) is 19.1. The minimum atomic E-state index is -0.0701. The van der Waals surface area contributed by atoms with Gasteiger partial charge in [-0.1, -0.05) is 17.8 Å². The normalized spacial score (nSPS) is 13.1. The third-order valence-electron chi connectivity index (χ3n) is 4.28. The number of aryl methyl sites for hydroxylation is 2. The molecule has 0 saturated carbocycles. The monoisotopic (exact) mass is 393 g/mol. The molecule has 2 heterocycles. The van der Waals surface area contributed by atoms with E-state index in [2.05, 4.69) is 11.9 Å². The third kappa shape index (κ3) is 4.02. The SMILES string of the molecule is C=CCn1c(SCC(=O)NCCCOC)nc2sc3c(c2c1=O)CCC3. The van der Waals surface area contributed by atoms with Crippen molar-refractivity contribution in [2.75, 3.05) is 26.0 Å². The third-order valence-corrected chi connectivity index (χ3v) is 6.44. The summed E-state index contributed by atoms with van der Waals surface area (Å²) in [5, 5.41) is 4.19. The van der Waals surface area contributed by atoms with Crippen molar-refractivity contribution in [3.05, 3.63) is 33.4 Å². The van der Waals surface area contributed by atoms with Crippen LogP contribution in [0.1, 0.15) is 23.3 Å². The average molecular weight is 394 g/mol. The van der Waals surface area contributed by atoms with E-state index in [1.807, 2.05) is 0 Å². The lowest BCUT2D eigenvalue weighted by atomic mass is 10.2. The molecule has 1 N–H and O–H groups in total. The van der Waals surface area contributed by atoms with Gasteiger partial charge in [0.05, 0.1) is 11.1 Å². The first-order valence-electron chi connectivity index (χ1n) is 8.70. The first-order valence-corrected chi connectivity index (χ1v) is 10.5. The molecule has 2 aromatic rings. The molecule has 0 unspecified atom stereocenters. The van der Waals surface area contributed by atoms with Gasteiger partial charge in [0, 0.05) is 31.7 Å². The zero-order valence-corrected chi connectivity index (χ0v) is 16.5. The van der Waals surface area contributed by atoms with E-state index >= 15 is 0 Å². The molecule has 1 aliphatic rings. The number of fused-ring (bicyclic) bond motifs is 3. The van der Waals surface area contributed by atoms with Crippen molar-refractivity contribution >= 4 is 39.2 Å². The molecule has 6 nitrogen and oxygen atoms in total. The highest BCUT2D eigenvalue weighted by Crippen LogP contribution is 2.35. The number of rotatable bonds is 9. The van der Waals surface area contributed by atoms with Gasteiger partial charge in [0.1, 0.15) is 4.83 Å². The van der Waals surface area contributed by atoms with Crippen LogP contribution < -0.4 is 10.9 Å². The molecule has 0 radical (unpaired) electrons. The number of amides is 1. The lowest BCUT2D eigenvalue weighted by Crippen LogP contribution is -2.28. The van der Waals surface area contributed by atoms with Crippen LogP contribution in [0.4, 0.5) is 0 Å². The molecule has 3 rings (SSSR count). The first-order chi connectivity index (χ1) is 12.7. The maximum atomic E-state index is 13.0. The Morgan fingerprint density at radius 1 is 1.50 bits per heavy atom. The number of allylic oxidation sites excluding steroid dienone is 1. The highest BCUT2D eigenvalue weighted by Gasteiger charge is 2.23. The second-order valence-corrected chi connectivity index (χ2v) is 8.15. The fourth-order valence-electron chi connectivity index (χ4n) is 3.08. The van der Waals surface area contributed by atoms with Gasteiger partial charge in [0.2, 0.25) is 5.91 Å². The standard InChI is InChI=1S/C18H23N3O3S2/c1-3-9-21-17(23)15-12-6-4-7-13(12)26-16(15)20-18(21)25-11-14(22)19-8-5-10-24-2/h3H,1,4-11H2,2H3,(H,19,22). The Morgan fingerprint density at radius 2 is 2.35 bits per heavy atom. The van der Waals surface area contributed by atoms with Gasteiger partial charge in [0.15, 0.2) is 5.16 Å². The van der Waals surface area contributed by atoms with Crippen LogP contribution in [0.3, 0.4) is 0 Å². The summed E-state index contributed by atoms with van der Waals surface area (Å²) >= 11 is 2.91. The Labute approximate surface area is 160 Å². The van der Waals surface area contributed by atoms with Crippen molar-refractivity contribution in [1.29, 1.82) is 0 Å². The lowest BCUT2D eigenvalue weighted by Gasteiger charge is -2.10. The predicted molar refractivity (Wildman–Crippen MR) is 106 cm³/mol. The number of hydrogen-bond donors (Lipinski definition) is 1. The van der Waals surface area contributed by atoms with E-state index in [0.29, 0.717) is 24.9 Å². The van der Waals surface area contributed by atoms with Gasteiger partial charge < -0.3 is 10.1 Å². The van der Waals surface area contributed by atoms with Gasteiger partial charge >= 0.3 is 0 Å². The Kier molecular flexibility index (Phi) is 6.50. The average Bonchev–Trinajstić information content (AvgIpc) is 3.20. The smallest absolute Gasteiger partial charge is 0.263 e. The number of thioether (sulfide) groups is 1. The summed E-state index contributed by atoms with van der Waals surface area (Å²) in [6.07, 6.45) is 5.56. The summed E-state index contributed by atoms with van der Waals surface area (Å²) in [6.45, 7) is 5.34. The van der Waals surface area contributed by atoms with Crippen LogP contribution in [0.25, 0.3) is 10.2 Å². The minimum Gasteiger partial charge on any atom is -0.385 e. The fourth-order valence-corrected chi connectivity index (χ4v) is 5.22. The maximum absolute atomic E-state index is 13.0. The quantitative estimate of drug-likeness (QED) is 0.306. The van der Waals surface area contributed by atoms with E-state index in [-0.39, 0.29) is 17.2 Å². The summed E-state index contributed by atoms with van der Waals surface area (Å²) < 4.78 is 6.59. The second kappa shape index (κ2) is 8.83. The summed E-state index contributed by atoms with van der Waals surface area (Å²) in [5.74, 6) is 0.159. The largest absolute Gasteiger partial charge is 0.385 e. The number of ether oxygens (including phenoxy) is 1. The Balaban J connectivity index is 1.79. The topological polar surface area (TPSA) is 73.2 Å². The molecule has 0 bridgehead atoms. The molecule has 26 heavy (non-hydrogen) atoms. The van der Waals surface area contributed by atoms with E-state index in [0.717, 1.165) is 35.9 Å². The van der Waals surface area contributed by atoms with Crippen molar-refractivity contribution in [2.24, 2.45) is 0 Å². The van der Waals surface area contributed by atoms with Crippen LogP contribution in [-0.4, -0.2) is 41.5 Å². The van der Waals surface area contributed by atoms with Crippen molar-refractivity contribution in [1.82, 2.24) is 14.9 Å². The molecular weight excluding hydrogens is 370 g/mol. The minimum absolute atomic E-state index is 0.0164. The number of nitrogens with zero attached hydrogens (tertiary/aromatic N) is 2. The van der Waals surface area contributed by atoms with Gasteiger partial charge in [-0.2, -0.15) is 0 Å². The van der Waals surface area contributed by atoms with Gasteiger partial charge in [-0.25, -0.2) is 4.98 Å². The predicted octanol–water partition coefficient (Wildman–Crippen LogP) is 2.38. The Bertz CT molecular complexity index is 873. The highest BCUT2D eigenvalue weighted by molar-refractivity contribution is 7.99. The second-order valence-electron chi connectivity index (χ2n) is 6.12. The molecule has 0 atom stereocenters. The lowest BCUT2D eigenvalue weighted by molar-refractivity contribution is -0.118. The molecule has 2 aromatic heterocycles. The molecule has 0 spiro atoms. The highest BCUT2D eigenvalue weighted by atomic mass is 32.2. The van der Waals surface area contributed by atoms with Gasteiger partial charge in [-0.05, 0) is 31.2 Å². The molecular formula is C18H23N3O3S2. The number of aromatic nitrogens is 2. The zero-order valence-electron chi connectivity index (χ0n) is 14.9. The summed E-state index contributed by atoms with van der Waals surface area (Å²) in [7, 11) is 1.64. The number of carbonyl (C=O) groups is 1. The molecule has 0 aliphatic heterocycles. The molecule has 140 valence electrons. The van der Waals surface area contributed by atoms with E-state index in [1.54, 1.807) is 29.1 Å². The Hall–Kier alpha value is -1.64. The van der Waals surface area contributed by atoms with Crippen LogP contribution in [0.5, 0.6) is 0 Å². The van der Waals surface area contributed by atoms with E-state index < -0.39 is 0 Å². The number of carbonyl (C=O) groups excluding carboxylic acids is 1. The van der Waals surface area contributed by atoms with Crippen molar-refractivity contribution in [2.45, 2.75) is 37.4 Å². The van der Waals surface area contributed by atoms with E-state index in [4.69, 9.17) is 9.72 Å². The number of thiophene rings is 1. The van der Waals surface area contributed by atoms with Crippen LogP contribution in [0, 0.1) is 0 Å². The van der Waals surface area contributed by atoms with Crippen molar-refractivity contribution in [3.63, 3.8) is 0 Å². The van der Waals surface area contributed by atoms with Gasteiger partial charge in [0.25, 0.3) is 5.56 Å². The summed E-state index contributed by atoms with van der Waals surface area (Å²) in [6, 6.07) is 0. The molecule has 0 saturated heterocycles. The van der Waals surface area contributed by atoms with Gasteiger partial charge in [-0.15, -0.1) is 17.9 Å². The van der Waals surface area contributed by atoms with Crippen LogP contribution in [-0.2, 0) is 28.9 Å². The van der Waals surface area contributed by atoms with Crippen LogP contribution in [0.2, 0.25) is 0 Å². The van der Waals surface area contributed by atoms with Crippen LogP contribution >= 0.6 is 23.1 Å². The molecule has 1 amide bonds. The summed E-state index contributed by atoms with van der Waals surface area (Å²) in [5.41, 5.74) is 1.16. The van der Waals surface area contributed by atoms with Crippen molar-refractivity contribution < 1.29 is 9.53 Å². The fraction of sp³-hybridized carbons (Fsp3) is 0.500. The van der Waals surface area contributed by atoms with E-state index in [1.165, 1.54) is 22.2 Å². The number of methoxy groups -OCH3 is 1. The molecule has 8 heteroatoms. The zero-order chi connectivity index (χ0) is 18.5. The molecule has 1 aliphatic carbocycles. The van der Waals surface area contributed by atoms with Crippen molar-refractivity contribution in [3.8, 4) is 0 Å². The maximum Gasteiger partial charge on any atom is 0.263 e. The van der Waals surface area contributed by atoms with Gasteiger partial charge in [-0.3, -0.25) is 14.2 Å². The number of hydrogen-bond acceptors (Lipinski definition) is 6. The molecule has 0 aromatic carbocycles. The van der Waals surface area contributed by atoms with E-state index in [9.17, 15) is 9.59 Å². The summed E-state index contributed by atoms with van der Waals surface area (Å²) in [4.78, 5) is 31.8. The van der Waals surface area contributed by atoms with Crippen LogP contribution in [0.15, 0.2) is 22.6 Å².